The first-order valence-corrected chi connectivity index (χ1v) is 9.69. The highest BCUT2D eigenvalue weighted by Crippen LogP contribution is 2.18. The first-order chi connectivity index (χ1) is 13.7. The van der Waals surface area contributed by atoms with Gasteiger partial charge in [-0.15, -0.1) is 0 Å². The number of hydrogen-bond donors (Lipinski definition) is 2. The van der Waals surface area contributed by atoms with Crippen LogP contribution in [0.1, 0.15) is 23.6 Å². The summed E-state index contributed by atoms with van der Waals surface area (Å²) in [6.45, 7) is 4.95. The van der Waals surface area contributed by atoms with E-state index in [0.29, 0.717) is 19.0 Å². The maximum atomic E-state index is 12.6. The SMILES string of the molecule is CCNC(=NCc1ccc(OC)cc1)NCC(=O)N1CCc2ccccc2C1. The number of aliphatic imine (C=N–C) groups is 1. The van der Waals surface area contributed by atoms with Crippen LogP contribution in [0.4, 0.5) is 0 Å². The highest BCUT2D eigenvalue weighted by atomic mass is 16.5. The van der Waals surface area contributed by atoms with Crippen molar-refractivity contribution in [1.29, 1.82) is 0 Å². The minimum atomic E-state index is 0.0875. The molecule has 0 aromatic heterocycles. The van der Waals surface area contributed by atoms with Crippen LogP contribution in [0.2, 0.25) is 0 Å². The van der Waals surface area contributed by atoms with E-state index in [-0.39, 0.29) is 12.5 Å². The normalized spacial score (nSPS) is 13.6. The predicted molar refractivity (Wildman–Crippen MR) is 111 cm³/mol. The maximum Gasteiger partial charge on any atom is 0.242 e. The minimum Gasteiger partial charge on any atom is -0.497 e. The van der Waals surface area contributed by atoms with Crippen LogP contribution in [-0.4, -0.2) is 43.5 Å². The molecule has 6 heteroatoms. The van der Waals surface area contributed by atoms with Gasteiger partial charge in [-0.2, -0.15) is 0 Å². The van der Waals surface area contributed by atoms with E-state index in [0.717, 1.165) is 30.8 Å². The van der Waals surface area contributed by atoms with Gasteiger partial charge in [-0.1, -0.05) is 36.4 Å². The van der Waals surface area contributed by atoms with Crippen LogP contribution in [-0.2, 0) is 24.3 Å². The number of nitrogens with zero attached hydrogens (tertiary/aromatic N) is 2. The van der Waals surface area contributed by atoms with E-state index in [1.165, 1.54) is 11.1 Å². The molecule has 3 rings (SSSR count). The van der Waals surface area contributed by atoms with Gasteiger partial charge in [0.2, 0.25) is 5.91 Å². The van der Waals surface area contributed by atoms with Gasteiger partial charge < -0.3 is 20.3 Å². The van der Waals surface area contributed by atoms with Crippen molar-refractivity contribution in [2.24, 2.45) is 4.99 Å². The Labute approximate surface area is 166 Å². The Balaban J connectivity index is 1.54. The Bertz CT molecular complexity index is 818. The Morgan fingerprint density at radius 3 is 2.57 bits per heavy atom. The second-order valence-electron chi connectivity index (χ2n) is 6.73. The number of nitrogens with one attached hydrogen (secondary N) is 2. The quantitative estimate of drug-likeness (QED) is 0.596. The molecule has 6 nitrogen and oxygen atoms in total. The third-order valence-electron chi connectivity index (χ3n) is 4.81. The lowest BCUT2D eigenvalue weighted by molar-refractivity contribution is -0.130. The number of ether oxygens (including phenoxy) is 1. The van der Waals surface area contributed by atoms with Gasteiger partial charge in [-0.05, 0) is 42.2 Å². The zero-order valence-electron chi connectivity index (χ0n) is 16.6. The van der Waals surface area contributed by atoms with Crippen LogP contribution < -0.4 is 15.4 Å². The van der Waals surface area contributed by atoms with Gasteiger partial charge in [-0.25, -0.2) is 4.99 Å². The molecule has 2 aromatic rings. The summed E-state index contributed by atoms with van der Waals surface area (Å²) in [4.78, 5) is 19.1. The molecule has 28 heavy (non-hydrogen) atoms. The molecule has 0 saturated heterocycles. The lowest BCUT2D eigenvalue weighted by Crippen LogP contribution is -2.45. The summed E-state index contributed by atoms with van der Waals surface area (Å²) >= 11 is 0. The number of fused-ring (bicyclic) bond motifs is 1. The Kier molecular flexibility index (Phi) is 6.89. The molecule has 0 aliphatic carbocycles. The van der Waals surface area contributed by atoms with Crippen molar-refractivity contribution in [2.75, 3.05) is 26.7 Å². The minimum absolute atomic E-state index is 0.0875. The number of benzene rings is 2. The third-order valence-corrected chi connectivity index (χ3v) is 4.81. The van der Waals surface area contributed by atoms with Crippen LogP contribution in [0.15, 0.2) is 53.5 Å². The summed E-state index contributed by atoms with van der Waals surface area (Å²) in [5, 5.41) is 6.35. The van der Waals surface area contributed by atoms with E-state index < -0.39 is 0 Å². The lowest BCUT2D eigenvalue weighted by atomic mass is 10.00. The van der Waals surface area contributed by atoms with Crippen molar-refractivity contribution in [1.82, 2.24) is 15.5 Å². The molecule has 1 amide bonds. The Hall–Kier alpha value is -3.02. The van der Waals surface area contributed by atoms with Gasteiger partial charge in [0.15, 0.2) is 5.96 Å². The fourth-order valence-electron chi connectivity index (χ4n) is 3.22. The fourth-order valence-corrected chi connectivity index (χ4v) is 3.22. The molecule has 2 N–H and O–H groups in total. The number of rotatable bonds is 6. The Morgan fingerprint density at radius 2 is 1.86 bits per heavy atom. The molecule has 0 spiro atoms. The summed E-state index contributed by atoms with van der Waals surface area (Å²) in [6.07, 6.45) is 0.910. The molecule has 1 heterocycles. The first kappa shape index (κ1) is 19.7. The van der Waals surface area contributed by atoms with Crippen LogP contribution in [0.25, 0.3) is 0 Å². The molecule has 0 unspecified atom stereocenters. The van der Waals surface area contributed by atoms with Gasteiger partial charge >= 0.3 is 0 Å². The molecule has 0 atom stereocenters. The van der Waals surface area contributed by atoms with E-state index in [1.54, 1.807) is 7.11 Å². The van der Waals surface area contributed by atoms with Gasteiger partial charge in [0.05, 0.1) is 20.2 Å². The number of guanidine groups is 1. The van der Waals surface area contributed by atoms with Crippen molar-refractivity contribution in [2.45, 2.75) is 26.4 Å². The smallest absolute Gasteiger partial charge is 0.242 e. The fraction of sp³-hybridized carbons (Fsp3) is 0.364. The zero-order chi connectivity index (χ0) is 19.8. The molecule has 0 bridgehead atoms. The maximum absolute atomic E-state index is 12.6. The number of carbonyl (C=O) groups excluding carboxylic acids is 1. The average molecular weight is 380 g/mol. The van der Waals surface area contributed by atoms with Crippen molar-refractivity contribution in [3.8, 4) is 5.75 Å². The van der Waals surface area contributed by atoms with Crippen LogP contribution in [0, 0.1) is 0 Å². The van der Waals surface area contributed by atoms with Crippen LogP contribution in [0.5, 0.6) is 5.75 Å². The second kappa shape index (κ2) is 9.78. The number of amides is 1. The summed E-state index contributed by atoms with van der Waals surface area (Å²) < 4.78 is 5.18. The summed E-state index contributed by atoms with van der Waals surface area (Å²) in [7, 11) is 1.65. The predicted octanol–water partition coefficient (Wildman–Crippen LogP) is 2.34. The number of hydrogen-bond acceptors (Lipinski definition) is 3. The average Bonchev–Trinajstić information content (AvgIpc) is 2.75. The Morgan fingerprint density at radius 1 is 1.11 bits per heavy atom. The van der Waals surface area contributed by atoms with Crippen LogP contribution in [0.3, 0.4) is 0 Å². The highest BCUT2D eigenvalue weighted by molar-refractivity contribution is 5.86. The van der Waals surface area contributed by atoms with E-state index in [2.05, 4.69) is 33.8 Å². The molecule has 0 radical (unpaired) electrons. The largest absolute Gasteiger partial charge is 0.497 e. The topological polar surface area (TPSA) is 66.0 Å². The van der Waals surface area contributed by atoms with Crippen molar-refractivity contribution < 1.29 is 9.53 Å². The van der Waals surface area contributed by atoms with Crippen LogP contribution >= 0.6 is 0 Å². The molecule has 1 aliphatic rings. The number of methoxy groups -OCH3 is 1. The lowest BCUT2D eigenvalue weighted by Gasteiger charge is -2.29. The van der Waals surface area contributed by atoms with Crippen molar-refractivity contribution in [3.63, 3.8) is 0 Å². The molecule has 0 fully saturated rings. The zero-order valence-corrected chi connectivity index (χ0v) is 16.6. The third kappa shape index (κ3) is 5.25. The molecular weight excluding hydrogens is 352 g/mol. The van der Waals surface area contributed by atoms with E-state index in [4.69, 9.17) is 4.74 Å². The van der Waals surface area contributed by atoms with Crippen molar-refractivity contribution >= 4 is 11.9 Å². The summed E-state index contributed by atoms with van der Waals surface area (Å²) in [5.41, 5.74) is 3.66. The molecule has 1 aliphatic heterocycles. The highest BCUT2D eigenvalue weighted by Gasteiger charge is 2.20. The van der Waals surface area contributed by atoms with E-state index in [9.17, 15) is 4.79 Å². The standard InChI is InChI=1S/C22H28N4O2/c1-3-23-22(24-14-17-8-10-20(28-2)11-9-17)25-15-21(27)26-13-12-18-6-4-5-7-19(18)16-26/h4-11H,3,12-16H2,1-2H3,(H2,23,24,25). The van der Waals surface area contributed by atoms with Gasteiger partial charge in [-0.3, -0.25) is 4.79 Å². The summed E-state index contributed by atoms with van der Waals surface area (Å²) in [5.74, 6) is 1.56. The number of carbonyl (C=O) groups is 1. The van der Waals surface area contributed by atoms with Gasteiger partial charge in [0.1, 0.15) is 5.75 Å². The van der Waals surface area contributed by atoms with E-state index >= 15 is 0 Å². The molecule has 148 valence electrons. The summed E-state index contributed by atoms with van der Waals surface area (Å²) in [6, 6.07) is 16.1. The second-order valence-corrected chi connectivity index (χ2v) is 6.73. The van der Waals surface area contributed by atoms with E-state index in [1.807, 2.05) is 42.2 Å². The first-order valence-electron chi connectivity index (χ1n) is 9.69. The van der Waals surface area contributed by atoms with Crippen molar-refractivity contribution in [3.05, 3.63) is 65.2 Å². The van der Waals surface area contributed by atoms with Gasteiger partial charge in [0, 0.05) is 19.6 Å². The molecule has 0 saturated carbocycles. The molecule has 2 aromatic carbocycles. The molecular formula is C22H28N4O2. The monoisotopic (exact) mass is 380 g/mol. The van der Waals surface area contributed by atoms with Gasteiger partial charge in [0.25, 0.3) is 0 Å².